The molecule has 1 aliphatic heterocycles. The largest absolute Gasteiger partial charge is 0.416 e. The lowest BCUT2D eigenvalue weighted by Gasteiger charge is -2.35. The number of halogens is 4. The molecule has 0 spiro atoms. The van der Waals surface area contributed by atoms with Crippen LogP contribution in [0.15, 0.2) is 48.5 Å². The van der Waals surface area contributed by atoms with Gasteiger partial charge in [0.25, 0.3) is 5.91 Å². The maximum Gasteiger partial charge on any atom is 0.416 e. The van der Waals surface area contributed by atoms with E-state index in [0.717, 1.165) is 36.0 Å². The summed E-state index contributed by atoms with van der Waals surface area (Å²) in [5.41, 5.74) is 4.87. The van der Waals surface area contributed by atoms with Crippen molar-refractivity contribution < 1.29 is 27.6 Å². The van der Waals surface area contributed by atoms with Gasteiger partial charge in [-0.1, -0.05) is 11.6 Å². The summed E-state index contributed by atoms with van der Waals surface area (Å²) >= 11 is 6.87. The molecule has 176 valence electrons. The topological polar surface area (TPSA) is 125 Å². The molecule has 8 nitrogen and oxygen atoms in total. The monoisotopic (exact) mass is 501 g/mol. The van der Waals surface area contributed by atoms with E-state index in [2.05, 4.69) is 21.3 Å². The van der Waals surface area contributed by atoms with E-state index in [4.69, 9.17) is 17.3 Å². The summed E-state index contributed by atoms with van der Waals surface area (Å²) in [5, 5.41) is 11.0. The van der Waals surface area contributed by atoms with E-state index in [-0.39, 0.29) is 17.2 Å². The third-order valence-electron chi connectivity index (χ3n) is 4.53. The van der Waals surface area contributed by atoms with Crippen molar-refractivity contribution in [2.45, 2.75) is 23.9 Å². The van der Waals surface area contributed by atoms with Gasteiger partial charge in [-0.05, 0) is 48.5 Å². The van der Waals surface area contributed by atoms with Gasteiger partial charge >= 0.3 is 6.18 Å². The predicted octanol–water partition coefficient (Wildman–Crippen LogP) is 2.12. The molecule has 1 heterocycles. The van der Waals surface area contributed by atoms with Crippen LogP contribution in [-0.2, 0) is 15.8 Å². The van der Waals surface area contributed by atoms with E-state index in [1.54, 1.807) is 24.3 Å². The van der Waals surface area contributed by atoms with Crippen molar-refractivity contribution in [3.63, 3.8) is 0 Å². The Kier molecular flexibility index (Phi) is 7.84. The second kappa shape index (κ2) is 10.4. The number of carbonyl (C=O) groups excluding carboxylic acids is 3. The van der Waals surface area contributed by atoms with Crippen LogP contribution in [-0.4, -0.2) is 41.2 Å². The van der Waals surface area contributed by atoms with Gasteiger partial charge in [0.2, 0.25) is 11.8 Å². The fraction of sp³-hybridized carbons (Fsp3) is 0.250. The van der Waals surface area contributed by atoms with E-state index in [9.17, 15) is 27.6 Å². The summed E-state index contributed by atoms with van der Waals surface area (Å²) in [7, 11) is 0. The fourth-order valence-corrected chi connectivity index (χ4v) is 3.83. The van der Waals surface area contributed by atoms with Gasteiger partial charge in [0.05, 0.1) is 17.5 Å². The highest BCUT2D eigenvalue weighted by Crippen LogP contribution is 2.29. The lowest BCUT2D eigenvalue weighted by molar-refractivity contribution is -0.137. The van der Waals surface area contributed by atoms with Gasteiger partial charge < -0.3 is 21.7 Å². The molecule has 3 atom stereocenters. The molecule has 3 amide bonds. The first-order chi connectivity index (χ1) is 15.5. The van der Waals surface area contributed by atoms with Gasteiger partial charge in [-0.2, -0.15) is 13.2 Å². The first kappa shape index (κ1) is 24.8. The third kappa shape index (κ3) is 6.84. The van der Waals surface area contributed by atoms with Crippen LogP contribution in [0.3, 0.4) is 0 Å². The number of hydrogen-bond acceptors (Lipinski definition) is 6. The molecular formula is C20H19ClF3N5O3S. The van der Waals surface area contributed by atoms with Crippen molar-refractivity contribution in [3.05, 3.63) is 64.7 Å². The zero-order chi connectivity index (χ0) is 24.2. The number of nitrogens with two attached hydrogens (primary N) is 1. The summed E-state index contributed by atoms with van der Waals surface area (Å²) in [4.78, 5) is 36.8. The number of carbonyl (C=O) groups is 3. The maximum atomic E-state index is 12.7. The average Bonchev–Trinajstić information content (AvgIpc) is 2.76. The van der Waals surface area contributed by atoms with Crippen molar-refractivity contribution in [1.29, 1.82) is 0 Å². The number of nitrogens with one attached hydrogen (secondary N) is 4. The Morgan fingerprint density at radius 2 is 1.73 bits per heavy atom. The smallest absolute Gasteiger partial charge is 0.338 e. The molecule has 2 aromatic rings. The number of benzene rings is 2. The zero-order valence-corrected chi connectivity index (χ0v) is 18.4. The van der Waals surface area contributed by atoms with Crippen LogP contribution in [0.5, 0.6) is 0 Å². The molecule has 1 aliphatic rings. The second-order valence-electron chi connectivity index (χ2n) is 6.97. The first-order valence-corrected chi connectivity index (χ1v) is 10.9. The molecular weight excluding hydrogens is 483 g/mol. The fourth-order valence-electron chi connectivity index (χ4n) is 2.86. The van der Waals surface area contributed by atoms with E-state index in [1.807, 2.05) is 0 Å². The molecule has 1 fully saturated rings. The van der Waals surface area contributed by atoms with Crippen LogP contribution >= 0.6 is 23.4 Å². The quantitative estimate of drug-likeness (QED) is 0.413. The number of rotatable bonds is 6. The number of hydrogen-bond donors (Lipinski definition) is 5. The lowest BCUT2D eigenvalue weighted by atomic mass is 10.1. The number of amides is 3. The Balaban J connectivity index is 1.50. The van der Waals surface area contributed by atoms with Crippen LogP contribution in [0.4, 0.5) is 18.9 Å². The molecule has 1 saturated heterocycles. The van der Waals surface area contributed by atoms with Gasteiger partial charge in [-0.25, -0.2) is 0 Å². The van der Waals surface area contributed by atoms with Gasteiger partial charge in [0, 0.05) is 16.3 Å². The van der Waals surface area contributed by atoms with Crippen molar-refractivity contribution in [2.75, 3.05) is 11.1 Å². The number of alkyl halides is 3. The Morgan fingerprint density at radius 1 is 1.09 bits per heavy atom. The second-order valence-corrected chi connectivity index (χ2v) is 8.50. The molecule has 0 saturated carbocycles. The molecule has 6 N–H and O–H groups in total. The minimum Gasteiger partial charge on any atom is -0.338 e. The lowest BCUT2D eigenvalue weighted by Crippen LogP contribution is -2.70. The van der Waals surface area contributed by atoms with Gasteiger partial charge in [0.15, 0.2) is 0 Å². The Labute approximate surface area is 195 Å². The molecule has 0 aliphatic carbocycles. The Bertz CT molecular complexity index is 1020. The van der Waals surface area contributed by atoms with E-state index in [0.29, 0.717) is 10.7 Å². The Hall–Kier alpha value is -2.80. The molecule has 33 heavy (non-hydrogen) atoms. The first-order valence-electron chi connectivity index (χ1n) is 9.50. The van der Waals surface area contributed by atoms with Crippen molar-refractivity contribution >= 4 is 46.8 Å². The van der Waals surface area contributed by atoms with E-state index < -0.39 is 41.3 Å². The Morgan fingerprint density at radius 3 is 2.30 bits per heavy atom. The van der Waals surface area contributed by atoms with Gasteiger partial charge in [-0.3, -0.25) is 19.7 Å². The SMILES string of the molecule is NC1NC(SCC(=O)Nc2ccc(Cl)cc2)NC(=O)C1NC(=O)c1ccc(C(F)(F)F)cc1. The molecule has 0 bridgehead atoms. The van der Waals surface area contributed by atoms with Crippen LogP contribution < -0.4 is 27.0 Å². The number of anilines is 1. The van der Waals surface area contributed by atoms with Crippen LogP contribution in [0.1, 0.15) is 15.9 Å². The van der Waals surface area contributed by atoms with Crippen molar-refractivity contribution in [1.82, 2.24) is 16.0 Å². The minimum atomic E-state index is -4.52. The summed E-state index contributed by atoms with van der Waals surface area (Å²) in [5.74, 6) is -1.67. The van der Waals surface area contributed by atoms with Crippen LogP contribution in [0.25, 0.3) is 0 Å². The maximum absolute atomic E-state index is 12.7. The molecule has 3 rings (SSSR count). The minimum absolute atomic E-state index is 0.00409. The summed E-state index contributed by atoms with van der Waals surface area (Å²) in [6.45, 7) is 0. The van der Waals surface area contributed by atoms with E-state index in [1.165, 1.54) is 0 Å². The highest BCUT2D eigenvalue weighted by molar-refractivity contribution is 8.00. The molecule has 0 aromatic heterocycles. The summed E-state index contributed by atoms with van der Waals surface area (Å²) < 4.78 is 38.0. The normalized spacial score (nSPS) is 20.6. The zero-order valence-electron chi connectivity index (χ0n) is 16.8. The summed E-state index contributed by atoms with van der Waals surface area (Å²) in [6, 6.07) is 8.95. The van der Waals surface area contributed by atoms with Crippen molar-refractivity contribution in [2.24, 2.45) is 5.73 Å². The van der Waals surface area contributed by atoms with E-state index >= 15 is 0 Å². The van der Waals surface area contributed by atoms with Crippen LogP contribution in [0.2, 0.25) is 5.02 Å². The number of thioether (sulfide) groups is 1. The third-order valence-corrected chi connectivity index (χ3v) is 5.80. The van der Waals surface area contributed by atoms with Crippen LogP contribution in [0, 0.1) is 0 Å². The van der Waals surface area contributed by atoms with Gasteiger partial charge in [-0.15, -0.1) is 11.8 Å². The molecule has 3 unspecified atom stereocenters. The highest BCUT2D eigenvalue weighted by atomic mass is 35.5. The summed E-state index contributed by atoms with van der Waals surface area (Å²) in [6.07, 6.45) is -5.52. The molecule has 2 aromatic carbocycles. The predicted molar refractivity (Wildman–Crippen MR) is 118 cm³/mol. The van der Waals surface area contributed by atoms with Crippen molar-refractivity contribution in [3.8, 4) is 0 Å². The highest BCUT2D eigenvalue weighted by Gasteiger charge is 2.36. The molecule has 0 radical (unpaired) electrons. The standard InChI is InChI=1S/C20H19ClF3N5O3S/c21-12-5-7-13(8-6-12)26-14(30)9-33-19-28-16(25)15(18(32)29-19)27-17(31)10-1-3-11(4-2-10)20(22,23)24/h1-8,15-16,19,28H,9,25H2,(H,26,30)(H,27,31)(H,29,32). The molecule has 13 heteroatoms. The van der Waals surface area contributed by atoms with Gasteiger partial charge in [0.1, 0.15) is 11.5 Å². The average molecular weight is 502 g/mol.